The lowest BCUT2D eigenvalue weighted by atomic mass is 10.1. The third kappa shape index (κ3) is 5.08. The number of rotatable bonds is 2. The SMILES string of the molecule is COC(=O)c1ccccc1C#CCO.O=c1oc(CO)c(Br)c2ccccc12. The molecule has 0 fully saturated rings. The Morgan fingerprint density at radius 3 is 2.39 bits per heavy atom. The van der Waals surface area contributed by atoms with Gasteiger partial charge in [-0.05, 0) is 34.1 Å². The Morgan fingerprint density at radius 1 is 1.11 bits per heavy atom. The summed E-state index contributed by atoms with van der Waals surface area (Å²) in [6, 6.07) is 13.9. The van der Waals surface area contributed by atoms with Gasteiger partial charge in [0.1, 0.15) is 19.0 Å². The number of ether oxygens (including phenoxy) is 1. The minimum Gasteiger partial charge on any atom is -0.465 e. The maximum Gasteiger partial charge on any atom is 0.343 e. The first-order valence-corrected chi connectivity index (χ1v) is 8.91. The van der Waals surface area contributed by atoms with Crippen molar-refractivity contribution in [3.05, 3.63) is 80.3 Å². The van der Waals surface area contributed by atoms with Gasteiger partial charge in [0, 0.05) is 10.9 Å². The van der Waals surface area contributed by atoms with Gasteiger partial charge in [-0.15, -0.1) is 0 Å². The van der Waals surface area contributed by atoms with E-state index >= 15 is 0 Å². The van der Waals surface area contributed by atoms with E-state index in [1.807, 2.05) is 6.07 Å². The van der Waals surface area contributed by atoms with Crippen molar-refractivity contribution < 1.29 is 24.2 Å². The van der Waals surface area contributed by atoms with Gasteiger partial charge < -0.3 is 19.4 Å². The van der Waals surface area contributed by atoms with Gasteiger partial charge in [-0.1, -0.05) is 42.2 Å². The summed E-state index contributed by atoms with van der Waals surface area (Å²) in [5, 5.41) is 18.7. The van der Waals surface area contributed by atoms with Gasteiger partial charge >= 0.3 is 11.6 Å². The summed E-state index contributed by atoms with van der Waals surface area (Å²) in [4.78, 5) is 22.7. The van der Waals surface area contributed by atoms with E-state index in [0.717, 1.165) is 5.39 Å². The van der Waals surface area contributed by atoms with E-state index in [1.165, 1.54) is 7.11 Å². The number of carbonyl (C=O) groups is 1. The monoisotopic (exact) mass is 444 g/mol. The van der Waals surface area contributed by atoms with Crippen LogP contribution in [0, 0.1) is 11.8 Å². The molecule has 28 heavy (non-hydrogen) atoms. The van der Waals surface area contributed by atoms with Crippen LogP contribution in [0.4, 0.5) is 0 Å². The molecule has 1 heterocycles. The second kappa shape index (κ2) is 10.4. The van der Waals surface area contributed by atoms with Gasteiger partial charge in [0.05, 0.1) is 22.5 Å². The predicted molar refractivity (Wildman–Crippen MR) is 108 cm³/mol. The van der Waals surface area contributed by atoms with Gasteiger partial charge in [-0.2, -0.15) is 0 Å². The first-order valence-electron chi connectivity index (χ1n) is 8.11. The zero-order chi connectivity index (χ0) is 20.5. The smallest absolute Gasteiger partial charge is 0.343 e. The Bertz CT molecular complexity index is 1090. The fourth-order valence-corrected chi connectivity index (χ4v) is 2.88. The molecule has 0 amide bonds. The van der Waals surface area contributed by atoms with Crippen molar-refractivity contribution >= 4 is 32.7 Å². The van der Waals surface area contributed by atoms with E-state index in [9.17, 15) is 9.59 Å². The van der Waals surface area contributed by atoms with Crippen LogP contribution in [0.3, 0.4) is 0 Å². The van der Waals surface area contributed by atoms with E-state index < -0.39 is 11.6 Å². The highest BCUT2D eigenvalue weighted by atomic mass is 79.9. The van der Waals surface area contributed by atoms with Gasteiger partial charge in [0.15, 0.2) is 0 Å². The molecule has 7 heteroatoms. The average Bonchev–Trinajstić information content (AvgIpc) is 2.75. The number of hydrogen-bond acceptors (Lipinski definition) is 6. The highest BCUT2D eigenvalue weighted by Crippen LogP contribution is 2.24. The summed E-state index contributed by atoms with van der Waals surface area (Å²) in [5.74, 6) is 4.99. The van der Waals surface area contributed by atoms with Crippen LogP contribution >= 0.6 is 15.9 Å². The van der Waals surface area contributed by atoms with Crippen LogP contribution in [-0.2, 0) is 11.3 Å². The number of halogens is 1. The normalized spacial score (nSPS) is 9.71. The van der Waals surface area contributed by atoms with Crippen molar-refractivity contribution in [1.29, 1.82) is 0 Å². The minimum atomic E-state index is -0.423. The molecule has 6 nitrogen and oxygen atoms in total. The van der Waals surface area contributed by atoms with Crippen molar-refractivity contribution in [2.24, 2.45) is 0 Å². The summed E-state index contributed by atoms with van der Waals surface area (Å²) in [6.45, 7) is -0.518. The zero-order valence-corrected chi connectivity index (χ0v) is 16.5. The molecular weight excluding hydrogens is 428 g/mol. The van der Waals surface area contributed by atoms with Crippen molar-refractivity contribution in [2.75, 3.05) is 13.7 Å². The number of esters is 1. The molecule has 0 radical (unpaired) electrons. The second-order valence-corrected chi connectivity index (χ2v) is 6.12. The number of methoxy groups -OCH3 is 1. The molecule has 0 saturated carbocycles. The maximum absolute atomic E-state index is 11.4. The van der Waals surface area contributed by atoms with Gasteiger partial charge in [0.25, 0.3) is 0 Å². The fourth-order valence-electron chi connectivity index (χ4n) is 2.33. The predicted octanol–water partition coefficient (Wildman–Crippen LogP) is 2.86. The van der Waals surface area contributed by atoms with Crippen LogP contribution < -0.4 is 5.63 Å². The number of hydrogen-bond donors (Lipinski definition) is 2. The molecule has 2 N–H and O–H groups in total. The maximum atomic E-state index is 11.4. The van der Waals surface area contributed by atoms with E-state index in [2.05, 4.69) is 32.5 Å². The molecule has 3 rings (SSSR count). The highest BCUT2D eigenvalue weighted by molar-refractivity contribution is 9.10. The summed E-state index contributed by atoms with van der Waals surface area (Å²) >= 11 is 3.28. The molecule has 0 unspecified atom stereocenters. The molecular formula is C21H17BrO6. The average molecular weight is 445 g/mol. The largest absolute Gasteiger partial charge is 0.465 e. The lowest BCUT2D eigenvalue weighted by molar-refractivity contribution is 0.0600. The third-order valence-corrected chi connectivity index (χ3v) is 4.49. The number of aliphatic hydroxyl groups is 2. The molecule has 2 aromatic carbocycles. The molecule has 0 aliphatic heterocycles. The molecule has 3 aromatic rings. The van der Waals surface area contributed by atoms with Crippen LogP contribution in [-0.4, -0.2) is 29.9 Å². The first-order chi connectivity index (χ1) is 13.5. The molecule has 0 aliphatic rings. The van der Waals surface area contributed by atoms with E-state index in [-0.39, 0.29) is 19.0 Å². The third-order valence-electron chi connectivity index (χ3n) is 3.62. The number of carbonyl (C=O) groups excluding carboxylic acids is 1. The van der Waals surface area contributed by atoms with E-state index in [4.69, 9.17) is 14.6 Å². The summed E-state index contributed by atoms with van der Waals surface area (Å²) in [7, 11) is 1.32. The second-order valence-electron chi connectivity index (χ2n) is 5.33. The molecule has 0 saturated heterocycles. The molecule has 0 atom stereocenters. The fraction of sp³-hybridized carbons (Fsp3) is 0.143. The molecule has 0 bridgehead atoms. The Labute approximate surface area is 169 Å². The van der Waals surface area contributed by atoms with Gasteiger partial charge in [0.2, 0.25) is 0 Å². The van der Waals surface area contributed by atoms with Crippen molar-refractivity contribution in [3.63, 3.8) is 0 Å². The van der Waals surface area contributed by atoms with Crippen LogP contribution in [0.5, 0.6) is 0 Å². The number of fused-ring (bicyclic) bond motifs is 1. The standard InChI is InChI=1S/C11H10O3.C10H7BrO3/c1-14-11(13)10-7-3-2-5-9(10)6-4-8-12;11-9-6-3-1-2-4-7(6)10(13)14-8(9)5-12/h2-3,5,7,12H,8H2,1H3;1-4,12H,5H2. The zero-order valence-electron chi connectivity index (χ0n) is 14.9. The van der Waals surface area contributed by atoms with Crippen molar-refractivity contribution in [2.45, 2.75) is 6.61 Å². The van der Waals surface area contributed by atoms with E-state index in [0.29, 0.717) is 21.0 Å². The Hall–Kier alpha value is -2.92. The van der Waals surface area contributed by atoms with Crippen molar-refractivity contribution in [1.82, 2.24) is 0 Å². The highest BCUT2D eigenvalue weighted by Gasteiger charge is 2.10. The molecule has 144 valence electrons. The Balaban J connectivity index is 0.000000200. The Kier molecular flexibility index (Phi) is 7.96. The van der Waals surface area contributed by atoms with Crippen LogP contribution in [0.1, 0.15) is 21.7 Å². The quantitative estimate of drug-likeness (QED) is 0.465. The van der Waals surface area contributed by atoms with Crippen LogP contribution in [0.15, 0.2) is 62.2 Å². The van der Waals surface area contributed by atoms with Crippen molar-refractivity contribution in [3.8, 4) is 11.8 Å². The van der Waals surface area contributed by atoms with Crippen LogP contribution in [0.25, 0.3) is 10.8 Å². The Morgan fingerprint density at radius 2 is 1.75 bits per heavy atom. The van der Waals surface area contributed by atoms with Gasteiger partial charge in [-0.25, -0.2) is 9.59 Å². The topological polar surface area (TPSA) is 97.0 Å². The minimum absolute atomic E-state index is 0.227. The molecule has 0 spiro atoms. The molecule has 1 aromatic heterocycles. The van der Waals surface area contributed by atoms with E-state index in [1.54, 1.807) is 42.5 Å². The lowest BCUT2D eigenvalue weighted by Gasteiger charge is -2.02. The number of aliphatic hydroxyl groups excluding tert-OH is 2. The molecule has 0 aliphatic carbocycles. The van der Waals surface area contributed by atoms with Gasteiger partial charge in [-0.3, -0.25) is 0 Å². The first kappa shape index (κ1) is 21.4. The number of benzene rings is 2. The lowest BCUT2D eigenvalue weighted by Crippen LogP contribution is -2.03. The van der Waals surface area contributed by atoms with Crippen LogP contribution in [0.2, 0.25) is 0 Å². The summed E-state index contributed by atoms with van der Waals surface area (Å²) in [6.07, 6.45) is 0. The summed E-state index contributed by atoms with van der Waals surface area (Å²) < 4.78 is 10.1. The summed E-state index contributed by atoms with van der Waals surface area (Å²) in [5.41, 5.74) is 0.553.